The summed E-state index contributed by atoms with van der Waals surface area (Å²) in [6.45, 7) is 2.35. The first-order valence-corrected chi connectivity index (χ1v) is 11.7. The molecule has 1 atom stereocenters. The molecule has 0 amide bonds. The van der Waals surface area contributed by atoms with E-state index in [1.54, 1.807) is 0 Å². The van der Waals surface area contributed by atoms with Crippen molar-refractivity contribution in [2.45, 2.75) is 76.5 Å². The van der Waals surface area contributed by atoms with Crippen molar-refractivity contribution in [3.8, 4) is 0 Å². The predicted octanol–water partition coefficient (Wildman–Crippen LogP) is 8.38. The molecular weight excluding hydrogens is 381 g/mol. The van der Waals surface area contributed by atoms with Gasteiger partial charge in [-0.1, -0.05) is 50.1 Å². The minimum Gasteiger partial charge on any atom is -0.204 e. The molecule has 3 heteroatoms. The van der Waals surface area contributed by atoms with Crippen LogP contribution in [0.15, 0.2) is 42.5 Å². The lowest BCUT2D eigenvalue weighted by Crippen LogP contribution is -2.26. The van der Waals surface area contributed by atoms with Crippen LogP contribution in [0.3, 0.4) is 0 Å². The smallest absolute Gasteiger partial charge is 0.194 e. The molecule has 2 aliphatic rings. The highest BCUT2D eigenvalue weighted by molar-refractivity contribution is 5.23. The highest BCUT2D eigenvalue weighted by Crippen LogP contribution is 2.45. The Labute approximate surface area is 178 Å². The molecular formula is C27H33F3. The molecule has 2 aliphatic carbocycles. The Hall–Kier alpha value is -1.77. The standard InChI is InChI=1S/C27H33F3/c1-18(20-5-3-2-4-6-20)15-19-7-9-21(10-8-19)22-11-13-23(14-12-22)24-16-25(28)27(30)26(29)17-24/h2-6,16-19,21-23H,7-15H2,1H3/t18-,19?,21?,22?,23?/m1/s1. The molecule has 0 N–H and O–H groups in total. The Balaban J connectivity index is 1.25. The highest BCUT2D eigenvalue weighted by Gasteiger charge is 2.32. The Bertz CT molecular complexity index is 792. The van der Waals surface area contributed by atoms with E-state index in [0.717, 1.165) is 43.4 Å². The van der Waals surface area contributed by atoms with Gasteiger partial charge in [0.2, 0.25) is 0 Å². The fourth-order valence-corrected chi connectivity index (χ4v) is 6.05. The minimum absolute atomic E-state index is 0.161. The summed E-state index contributed by atoms with van der Waals surface area (Å²) in [5.74, 6) is -0.317. The lowest BCUT2D eigenvalue weighted by molar-refractivity contribution is 0.154. The third-order valence-corrected chi connectivity index (χ3v) is 7.86. The van der Waals surface area contributed by atoms with Crippen LogP contribution in [0.5, 0.6) is 0 Å². The van der Waals surface area contributed by atoms with Gasteiger partial charge in [0.25, 0.3) is 0 Å². The van der Waals surface area contributed by atoms with E-state index in [-0.39, 0.29) is 5.92 Å². The van der Waals surface area contributed by atoms with Crippen molar-refractivity contribution in [2.75, 3.05) is 0 Å². The van der Waals surface area contributed by atoms with Gasteiger partial charge in [-0.3, -0.25) is 0 Å². The molecule has 0 saturated heterocycles. The monoisotopic (exact) mass is 414 g/mol. The number of benzene rings is 2. The number of hydrogen-bond acceptors (Lipinski definition) is 0. The van der Waals surface area contributed by atoms with Gasteiger partial charge in [-0.2, -0.15) is 0 Å². The second-order valence-corrected chi connectivity index (χ2v) is 9.74. The van der Waals surface area contributed by atoms with Crippen LogP contribution in [0.1, 0.15) is 87.7 Å². The predicted molar refractivity (Wildman–Crippen MR) is 116 cm³/mol. The first-order chi connectivity index (χ1) is 14.5. The largest absolute Gasteiger partial charge is 0.204 e. The fraction of sp³-hybridized carbons (Fsp3) is 0.556. The van der Waals surface area contributed by atoms with Crippen molar-refractivity contribution in [1.29, 1.82) is 0 Å². The van der Waals surface area contributed by atoms with E-state index >= 15 is 0 Å². The molecule has 0 unspecified atom stereocenters. The van der Waals surface area contributed by atoms with E-state index < -0.39 is 17.5 Å². The average molecular weight is 415 g/mol. The summed E-state index contributed by atoms with van der Waals surface area (Å²) in [5.41, 5.74) is 2.08. The first-order valence-electron chi connectivity index (χ1n) is 11.7. The van der Waals surface area contributed by atoms with Crippen LogP contribution < -0.4 is 0 Å². The molecule has 0 spiro atoms. The van der Waals surface area contributed by atoms with Crippen molar-refractivity contribution >= 4 is 0 Å². The van der Waals surface area contributed by atoms with Crippen LogP contribution in [0.25, 0.3) is 0 Å². The van der Waals surface area contributed by atoms with E-state index in [2.05, 4.69) is 37.3 Å². The van der Waals surface area contributed by atoms with Crippen molar-refractivity contribution < 1.29 is 13.2 Å². The molecule has 2 saturated carbocycles. The summed E-state index contributed by atoms with van der Waals surface area (Å²) in [4.78, 5) is 0. The summed E-state index contributed by atoms with van der Waals surface area (Å²) in [5, 5.41) is 0. The van der Waals surface area contributed by atoms with Crippen molar-refractivity contribution in [1.82, 2.24) is 0 Å². The second kappa shape index (κ2) is 9.58. The molecule has 0 aliphatic heterocycles. The topological polar surface area (TPSA) is 0 Å². The van der Waals surface area contributed by atoms with Gasteiger partial charge >= 0.3 is 0 Å². The summed E-state index contributed by atoms with van der Waals surface area (Å²) in [6.07, 6.45) is 10.8. The maximum absolute atomic E-state index is 13.6. The Kier molecular flexibility index (Phi) is 6.85. The third-order valence-electron chi connectivity index (χ3n) is 7.86. The molecule has 162 valence electrons. The van der Waals surface area contributed by atoms with Crippen molar-refractivity contribution in [3.05, 3.63) is 71.0 Å². The van der Waals surface area contributed by atoms with Gasteiger partial charge in [-0.05, 0) is 97.8 Å². The Morgan fingerprint density at radius 1 is 0.767 bits per heavy atom. The van der Waals surface area contributed by atoms with Gasteiger partial charge in [0.15, 0.2) is 17.5 Å². The van der Waals surface area contributed by atoms with E-state index in [9.17, 15) is 13.2 Å². The first kappa shape index (κ1) is 21.5. The SMILES string of the molecule is C[C@H](CC1CCC(C2CCC(c3cc(F)c(F)c(F)c3)CC2)CC1)c1ccccc1. The van der Waals surface area contributed by atoms with Crippen LogP contribution in [-0.2, 0) is 0 Å². The van der Waals surface area contributed by atoms with Crippen LogP contribution in [0.2, 0.25) is 0 Å². The lowest BCUT2D eigenvalue weighted by atomic mass is 9.67. The average Bonchev–Trinajstić information content (AvgIpc) is 2.78. The molecule has 2 aromatic carbocycles. The normalized spacial score (nSPS) is 28.3. The van der Waals surface area contributed by atoms with Crippen LogP contribution in [-0.4, -0.2) is 0 Å². The third kappa shape index (κ3) is 4.92. The van der Waals surface area contributed by atoms with Gasteiger partial charge in [0.1, 0.15) is 0 Å². The number of hydrogen-bond donors (Lipinski definition) is 0. The van der Waals surface area contributed by atoms with Gasteiger partial charge in [-0.25, -0.2) is 13.2 Å². The zero-order valence-corrected chi connectivity index (χ0v) is 17.9. The summed E-state index contributed by atoms with van der Waals surface area (Å²) >= 11 is 0. The molecule has 0 heterocycles. The minimum atomic E-state index is -1.36. The van der Waals surface area contributed by atoms with Gasteiger partial charge < -0.3 is 0 Å². The lowest BCUT2D eigenvalue weighted by Gasteiger charge is -2.38. The maximum atomic E-state index is 13.6. The molecule has 0 bridgehead atoms. The van der Waals surface area contributed by atoms with Gasteiger partial charge in [-0.15, -0.1) is 0 Å². The molecule has 0 aromatic heterocycles. The Morgan fingerprint density at radius 3 is 1.87 bits per heavy atom. The zero-order chi connectivity index (χ0) is 21.1. The molecule has 4 rings (SSSR count). The highest BCUT2D eigenvalue weighted by atomic mass is 19.2. The van der Waals surface area contributed by atoms with E-state index in [1.165, 1.54) is 49.8 Å². The van der Waals surface area contributed by atoms with E-state index in [0.29, 0.717) is 11.5 Å². The Morgan fingerprint density at radius 2 is 1.30 bits per heavy atom. The van der Waals surface area contributed by atoms with Gasteiger partial charge in [0.05, 0.1) is 0 Å². The van der Waals surface area contributed by atoms with E-state index in [4.69, 9.17) is 0 Å². The van der Waals surface area contributed by atoms with Gasteiger partial charge in [0, 0.05) is 0 Å². The zero-order valence-electron chi connectivity index (χ0n) is 17.9. The molecule has 2 fully saturated rings. The number of halogens is 3. The fourth-order valence-electron chi connectivity index (χ4n) is 6.05. The van der Waals surface area contributed by atoms with Crippen LogP contribution >= 0.6 is 0 Å². The van der Waals surface area contributed by atoms with Crippen LogP contribution in [0, 0.1) is 35.2 Å². The summed E-state index contributed by atoms with van der Waals surface area (Å²) in [6, 6.07) is 13.2. The molecule has 30 heavy (non-hydrogen) atoms. The van der Waals surface area contributed by atoms with E-state index in [1.807, 2.05) is 0 Å². The summed E-state index contributed by atoms with van der Waals surface area (Å²) in [7, 11) is 0. The summed E-state index contributed by atoms with van der Waals surface area (Å²) < 4.78 is 40.4. The molecule has 0 radical (unpaired) electrons. The quantitative estimate of drug-likeness (QED) is 0.431. The molecule has 0 nitrogen and oxygen atoms in total. The van der Waals surface area contributed by atoms with Crippen molar-refractivity contribution in [2.24, 2.45) is 17.8 Å². The molecule has 2 aromatic rings. The second-order valence-electron chi connectivity index (χ2n) is 9.74. The van der Waals surface area contributed by atoms with Crippen LogP contribution in [0.4, 0.5) is 13.2 Å². The maximum Gasteiger partial charge on any atom is 0.194 e. The van der Waals surface area contributed by atoms with Crippen molar-refractivity contribution in [3.63, 3.8) is 0 Å². The number of rotatable bonds is 5.